The molecule has 0 saturated carbocycles. The van der Waals surface area contributed by atoms with Crippen LogP contribution in [0.1, 0.15) is 11.3 Å². The molecule has 1 N–H and O–H groups in total. The third-order valence-electron chi connectivity index (χ3n) is 4.21. The molecule has 1 aromatic heterocycles. The van der Waals surface area contributed by atoms with Crippen LogP contribution in [0.3, 0.4) is 0 Å². The fourth-order valence-electron chi connectivity index (χ4n) is 2.88. The number of pyridine rings is 1. The molecule has 0 saturated heterocycles. The lowest BCUT2D eigenvalue weighted by Crippen LogP contribution is -2.29. The van der Waals surface area contributed by atoms with E-state index < -0.39 is 0 Å². The Morgan fingerprint density at radius 1 is 1.00 bits per heavy atom. The number of ether oxygens (including phenoxy) is 1. The Morgan fingerprint density at radius 3 is 2.50 bits per heavy atom. The van der Waals surface area contributed by atoms with Crippen molar-refractivity contribution < 1.29 is 9.53 Å². The van der Waals surface area contributed by atoms with Gasteiger partial charge in [0.2, 0.25) is 0 Å². The molecule has 1 heterocycles. The first-order valence-electron chi connectivity index (χ1n) is 9.24. The van der Waals surface area contributed by atoms with Gasteiger partial charge in [-0.1, -0.05) is 42.5 Å². The second kappa shape index (κ2) is 9.67. The minimum Gasteiger partial charge on any atom is -0.483 e. The van der Waals surface area contributed by atoms with Crippen LogP contribution in [0, 0.1) is 0 Å². The topological polar surface area (TPSA) is 54.5 Å². The summed E-state index contributed by atoms with van der Waals surface area (Å²) in [5.74, 6) is 0.551. The van der Waals surface area contributed by atoms with Crippen molar-refractivity contribution in [2.24, 2.45) is 0 Å². The summed E-state index contributed by atoms with van der Waals surface area (Å²) in [4.78, 5) is 18.4. The standard InChI is InChI=1S/C23H25N3O2/c1-26(2)16-20-14-19(18-8-4-3-5-9-18)11-12-22(20)28-17-23(27)25-15-21-10-6-7-13-24-21/h3-14H,15-17H2,1-2H3,(H,25,27). The molecular weight excluding hydrogens is 350 g/mol. The van der Waals surface area contributed by atoms with E-state index in [9.17, 15) is 4.79 Å². The van der Waals surface area contributed by atoms with Gasteiger partial charge in [0.25, 0.3) is 5.91 Å². The first kappa shape index (κ1) is 19.6. The Balaban J connectivity index is 1.65. The van der Waals surface area contributed by atoms with Crippen molar-refractivity contribution in [1.82, 2.24) is 15.2 Å². The summed E-state index contributed by atoms with van der Waals surface area (Å²) in [5.41, 5.74) is 4.15. The number of amides is 1. The molecule has 2 aromatic carbocycles. The molecule has 144 valence electrons. The van der Waals surface area contributed by atoms with Gasteiger partial charge in [0, 0.05) is 18.3 Å². The van der Waals surface area contributed by atoms with Gasteiger partial charge >= 0.3 is 0 Å². The van der Waals surface area contributed by atoms with Crippen LogP contribution in [0.4, 0.5) is 0 Å². The highest BCUT2D eigenvalue weighted by atomic mass is 16.5. The van der Waals surface area contributed by atoms with Crippen LogP contribution in [0.2, 0.25) is 0 Å². The molecule has 5 nitrogen and oxygen atoms in total. The van der Waals surface area contributed by atoms with Gasteiger partial charge in [-0.2, -0.15) is 0 Å². The van der Waals surface area contributed by atoms with Crippen molar-refractivity contribution >= 4 is 5.91 Å². The number of hydrogen-bond acceptors (Lipinski definition) is 4. The summed E-state index contributed by atoms with van der Waals surface area (Å²) in [5, 5.41) is 2.83. The van der Waals surface area contributed by atoms with Gasteiger partial charge in [-0.05, 0) is 49.5 Å². The van der Waals surface area contributed by atoms with E-state index in [1.807, 2.05) is 62.6 Å². The van der Waals surface area contributed by atoms with Crippen LogP contribution in [-0.4, -0.2) is 36.5 Å². The van der Waals surface area contributed by atoms with Crippen LogP contribution in [-0.2, 0) is 17.9 Å². The summed E-state index contributed by atoms with van der Waals surface area (Å²) in [7, 11) is 4.02. The van der Waals surface area contributed by atoms with Crippen molar-refractivity contribution in [2.45, 2.75) is 13.1 Å². The highest BCUT2D eigenvalue weighted by molar-refractivity contribution is 5.77. The predicted molar refractivity (Wildman–Crippen MR) is 111 cm³/mol. The Kier molecular flexibility index (Phi) is 6.76. The van der Waals surface area contributed by atoms with E-state index in [1.54, 1.807) is 6.20 Å². The number of carbonyl (C=O) groups excluding carboxylic acids is 1. The zero-order valence-corrected chi connectivity index (χ0v) is 16.3. The summed E-state index contributed by atoms with van der Waals surface area (Å²) < 4.78 is 5.82. The fourth-order valence-corrected chi connectivity index (χ4v) is 2.88. The molecular formula is C23H25N3O2. The van der Waals surface area contributed by atoms with Crippen LogP contribution < -0.4 is 10.1 Å². The fraction of sp³-hybridized carbons (Fsp3) is 0.217. The number of nitrogens with one attached hydrogen (secondary N) is 1. The number of carbonyl (C=O) groups is 1. The average molecular weight is 375 g/mol. The smallest absolute Gasteiger partial charge is 0.258 e. The minimum absolute atomic E-state index is 0.0298. The molecule has 0 radical (unpaired) electrons. The molecule has 3 rings (SSSR count). The molecule has 28 heavy (non-hydrogen) atoms. The number of aromatic nitrogens is 1. The Hall–Kier alpha value is -3.18. The molecule has 0 spiro atoms. The van der Waals surface area contributed by atoms with Crippen LogP contribution in [0.25, 0.3) is 11.1 Å². The van der Waals surface area contributed by atoms with E-state index in [-0.39, 0.29) is 12.5 Å². The number of hydrogen-bond donors (Lipinski definition) is 1. The van der Waals surface area contributed by atoms with Crippen LogP contribution in [0.5, 0.6) is 5.75 Å². The van der Waals surface area contributed by atoms with Crippen molar-refractivity contribution in [3.63, 3.8) is 0 Å². The molecule has 0 aliphatic rings. The van der Waals surface area contributed by atoms with E-state index in [2.05, 4.69) is 33.4 Å². The molecule has 0 fully saturated rings. The van der Waals surface area contributed by atoms with Gasteiger partial charge in [-0.25, -0.2) is 0 Å². The lowest BCUT2D eigenvalue weighted by molar-refractivity contribution is -0.123. The quantitative estimate of drug-likeness (QED) is 0.655. The minimum atomic E-state index is -0.173. The Morgan fingerprint density at radius 2 is 1.79 bits per heavy atom. The molecule has 0 aliphatic carbocycles. The normalized spacial score (nSPS) is 10.7. The number of rotatable bonds is 8. The first-order valence-corrected chi connectivity index (χ1v) is 9.24. The van der Waals surface area contributed by atoms with Gasteiger partial charge in [0.1, 0.15) is 5.75 Å². The van der Waals surface area contributed by atoms with Crippen molar-refractivity contribution in [2.75, 3.05) is 20.7 Å². The summed E-state index contributed by atoms with van der Waals surface area (Å²) >= 11 is 0. The zero-order valence-electron chi connectivity index (χ0n) is 16.3. The lowest BCUT2D eigenvalue weighted by atomic mass is 10.0. The SMILES string of the molecule is CN(C)Cc1cc(-c2ccccc2)ccc1OCC(=O)NCc1ccccn1. The lowest BCUT2D eigenvalue weighted by Gasteiger charge is -2.16. The second-order valence-electron chi connectivity index (χ2n) is 6.81. The number of benzene rings is 2. The van der Waals surface area contributed by atoms with Gasteiger partial charge in [-0.3, -0.25) is 9.78 Å². The molecule has 0 atom stereocenters. The van der Waals surface area contributed by atoms with E-state index >= 15 is 0 Å². The molecule has 0 aliphatic heterocycles. The molecule has 3 aromatic rings. The van der Waals surface area contributed by atoms with Crippen molar-refractivity contribution in [3.8, 4) is 16.9 Å². The first-order chi connectivity index (χ1) is 13.6. The Bertz CT molecular complexity index is 896. The van der Waals surface area contributed by atoms with Crippen LogP contribution in [0.15, 0.2) is 72.9 Å². The molecule has 1 amide bonds. The highest BCUT2D eigenvalue weighted by Crippen LogP contribution is 2.27. The van der Waals surface area contributed by atoms with Gasteiger partial charge < -0.3 is 15.0 Å². The second-order valence-corrected chi connectivity index (χ2v) is 6.81. The molecule has 5 heteroatoms. The van der Waals surface area contributed by atoms with Gasteiger partial charge in [0.15, 0.2) is 6.61 Å². The average Bonchev–Trinajstić information content (AvgIpc) is 2.72. The van der Waals surface area contributed by atoms with Crippen LogP contribution >= 0.6 is 0 Å². The largest absolute Gasteiger partial charge is 0.483 e. The third kappa shape index (κ3) is 5.66. The van der Waals surface area contributed by atoms with Gasteiger partial charge in [-0.15, -0.1) is 0 Å². The van der Waals surface area contributed by atoms with Gasteiger partial charge in [0.05, 0.1) is 12.2 Å². The highest BCUT2D eigenvalue weighted by Gasteiger charge is 2.10. The maximum Gasteiger partial charge on any atom is 0.258 e. The molecule has 0 bridgehead atoms. The summed E-state index contributed by atoms with van der Waals surface area (Å²) in [6.07, 6.45) is 1.71. The summed E-state index contributed by atoms with van der Waals surface area (Å²) in [6, 6.07) is 21.9. The van der Waals surface area contributed by atoms with E-state index in [0.717, 1.165) is 34.7 Å². The maximum absolute atomic E-state index is 12.1. The van der Waals surface area contributed by atoms with Crippen molar-refractivity contribution in [1.29, 1.82) is 0 Å². The van der Waals surface area contributed by atoms with E-state index in [1.165, 1.54) is 0 Å². The maximum atomic E-state index is 12.1. The number of nitrogens with zero attached hydrogens (tertiary/aromatic N) is 2. The zero-order chi connectivity index (χ0) is 19.8. The predicted octanol–water partition coefficient (Wildman–Crippen LogP) is 3.51. The monoisotopic (exact) mass is 375 g/mol. The Labute approximate surface area is 166 Å². The third-order valence-corrected chi connectivity index (χ3v) is 4.21. The summed E-state index contributed by atoms with van der Waals surface area (Å²) in [6.45, 7) is 1.09. The van der Waals surface area contributed by atoms with E-state index in [0.29, 0.717) is 6.54 Å². The van der Waals surface area contributed by atoms with E-state index in [4.69, 9.17) is 4.74 Å². The van der Waals surface area contributed by atoms with Crippen molar-refractivity contribution in [3.05, 3.63) is 84.2 Å². The molecule has 0 unspecified atom stereocenters.